The predicted molar refractivity (Wildman–Crippen MR) is 57.4 cm³/mol. The molecule has 0 amide bonds. The lowest BCUT2D eigenvalue weighted by atomic mass is 10.0. The number of carboxylic acid groups (broad SMARTS) is 1. The summed E-state index contributed by atoms with van der Waals surface area (Å²) in [5, 5.41) is 28.3. The molecule has 0 aliphatic rings. The van der Waals surface area contributed by atoms with Gasteiger partial charge in [0.2, 0.25) is 0 Å². The number of carboxylic acids is 1. The summed E-state index contributed by atoms with van der Waals surface area (Å²) in [5.74, 6) is -1.26. The highest BCUT2D eigenvalue weighted by atomic mass is 79.9. The van der Waals surface area contributed by atoms with Gasteiger partial charge in [0.1, 0.15) is 11.6 Å². The number of rotatable bonds is 3. The summed E-state index contributed by atoms with van der Waals surface area (Å²) in [4.78, 5) is 20.9. The molecular weight excluding hydrogens is 280 g/mol. The molecule has 0 bridgehead atoms. The second kappa shape index (κ2) is 4.72. The predicted octanol–water partition coefficient (Wildman–Crippen LogP) is 2.06. The van der Waals surface area contributed by atoms with E-state index in [0.29, 0.717) is 0 Å². The van der Waals surface area contributed by atoms with Gasteiger partial charge in [0.05, 0.1) is 16.1 Å². The van der Waals surface area contributed by atoms with Gasteiger partial charge in [0, 0.05) is 5.33 Å². The average Bonchev–Trinajstić information content (AvgIpc) is 2.26. The number of nitrogens with zero attached hydrogens (tertiary/aromatic N) is 2. The van der Waals surface area contributed by atoms with E-state index in [1.54, 1.807) is 6.07 Å². The average molecular weight is 285 g/mol. The number of benzene rings is 1. The molecule has 1 aromatic rings. The van der Waals surface area contributed by atoms with Gasteiger partial charge in [-0.1, -0.05) is 15.9 Å². The number of aromatic carboxylic acids is 1. The molecule has 1 N–H and O–H groups in total. The first-order valence-corrected chi connectivity index (χ1v) is 5.14. The summed E-state index contributed by atoms with van der Waals surface area (Å²) in [6.45, 7) is 0. The van der Waals surface area contributed by atoms with E-state index in [0.717, 1.165) is 6.07 Å². The van der Waals surface area contributed by atoms with Crippen molar-refractivity contribution in [2.45, 2.75) is 5.33 Å². The van der Waals surface area contributed by atoms with Crippen LogP contribution in [-0.2, 0) is 5.33 Å². The van der Waals surface area contributed by atoms with Gasteiger partial charge >= 0.3 is 5.97 Å². The molecule has 0 aliphatic heterocycles. The third kappa shape index (κ3) is 2.01. The van der Waals surface area contributed by atoms with Crippen molar-refractivity contribution in [3.63, 3.8) is 0 Å². The van der Waals surface area contributed by atoms with E-state index in [1.807, 2.05) is 0 Å². The number of nitro groups is 1. The van der Waals surface area contributed by atoms with Gasteiger partial charge in [0.15, 0.2) is 0 Å². The molecule has 0 aliphatic carbocycles. The third-order valence-corrected chi connectivity index (χ3v) is 2.51. The van der Waals surface area contributed by atoms with E-state index in [4.69, 9.17) is 10.4 Å². The summed E-state index contributed by atoms with van der Waals surface area (Å²) in [5.41, 5.74) is -0.789. The molecule has 0 heterocycles. The molecule has 0 aromatic heterocycles. The highest BCUT2D eigenvalue weighted by Gasteiger charge is 2.24. The van der Waals surface area contributed by atoms with Gasteiger partial charge < -0.3 is 5.11 Å². The van der Waals surface area contributed by atoms with Crippen LogP contribution in [-0.4, -0.2) is 16.0 Å². The fraction of sp³-hybridized carbons (Fsp3) is 0.111. The van der Waals surface area contributed by atoms with Crippen LogP contribution in [0.4, 0.5) is 5.69 Å². The van der Waals surface area contributed by atoms with Crippen LogP contribution >= 0.6 is 15.9 Å². The molecule has 0 spiro atoms. The van der Waals surface area contributed by atoms with Crippen LogP contribution in [0.3, 0.4) is 0 Å². The zero-order valence-electron chi connectivity index (χ0n) is 7.81. The van der Waals surface area contributed by atoms with Crippen molar-refractivity contribution in [2.24, 2.45) is 0 Å². The summed E-state index contributed by atoms with van der Waals surface area (Å²) in [6, 6.07) is 3.98. The molecule has 0 radical (unpaired) electrons. The third-order valence-electron chi connectivity index (χ3n) is 1.95. The van der Waals surface area contributed by atoms with Crippen molar-refractivity contribution < 1.29 is 14.8 Å². The number of nitro benzene ring substituents is 1. The topological polar surface area (TPSA) is 104 Å². The summed E-state index contributed by atoms with van der Waals surface area (Å²) in [6.07, 6.45) is 0. The Balaban J connectivity index is 3.64. The number of carbonyl (C=O) groups is 1. The Morgan fingerprint density at radius 2 is 2.25 bits per heavy atom. The number of hydrogen-bond acceptors (Lipinski definition) is 4. The van der Waals surface area contributed by atoms with Crippen LogP contribution < -0.4 is 0 Å². The number of nitriles is 1. The minimum absolute atomic E-state index is 0.000463. The molecule has 0 saturated heterocycles. The fourth-order valence-corrected chi connectivity index (χ4v) is 1.84. The molecular formula is C9H5BrN2O4. The molecule has 1 rings (SSSR count). The van der Waals surface area contributed by atoms with E-state index >= 15 is 0 Å². The van der Waals surface area contributed by atoms with Crippen molar-refractivity contribution in [1.29, 1.82) is 5.26 Å². The molecule has 0 fully saturated rings. The molecule has 1 aromatic carbocycles. The minimum Gasteiger partial charge on any atom is -0.478 e. The van der Waals surface area contributed by atoms with E-state index < -0.39 is 16.6 Å². The first-order chi connectivity index (χ1) is 7.52. The highest BCUT2D eigenvalue weighted by Crippen LogP contribution is 2.28. The van der Waals surface area contributed by atoms with E-state index in [9.17, 15) is 14.9 Å². The van der Waals surface area contributed by atoms with E-state index in [1.165, 1.54) is 6.07 Å². The first-order valence-electron chi connectivity index (χ1n) is 4.02. The lowest BCUT2D eigenvalue weighted by Gasteiger charge is -2.04. The lowest BCUT2D eigenvalue weighted by Crippen LogP contribution is -2.06. The molecule has 0 unspecified atom stereocenters. The molecule has 82 valence electrons. The second-order valence-corrected chi connectivity index (χ2v) is 3.36. The maximum Gasteiger partial charge on any atom is 0.336 e. The van der Waals surface area contributed by atoms with Crippen LogP contribution in [0.5, 0.6) is 0 Å². The van der Waals surface area contributed by atoms with Crippen LogP contribution in [0.1, 0.15) is 21.5 Å². The maximum absolute atomic E-state index is 10.8. The van der Waals surface area contributed by atoms with Crippen LogP contribution in [0.2, 0.25) is 0 Å². The Labute approximate surface area is 98.4 Å². The Morgan fingerprint density at radius 1 is 1.62 bits per heavy atom. The minimum atomic E-state index is -1.26. The Hall–Kier alpha value is -1.94. The molecule has 0 atom stereocenters. The number of halogens is 1. The largest absolute Gasteiger partial charge is 0.478 e. The van der Waals surface area contributed by atoms with Crippen LogP contribution in [0, 0.1) is 21.4 Å². The zero-order chi connectivity index (χ0) is 12.3. The number of hydrogen-bond donors (Lipinski definition) is 1. The molecule has 16 heavy (non-hydrogen) atoms. The van der Waals surface area contributed by atoms with Crippen molar-refractivity contribution in [3.05, 3.63) is 38.9 Å². The molecule has 6 nitrogen and oxygen atoms in total. The second-order valence-electron chi connectivity index (χ2n) is 2.80. The summed E-state index contributed by atoms with van der Waals surface area (Å²) < 4.78 is 0. The van der Waals surface area contributed by atoms with Crippen LogP contribution in [0.25, 0.3) is 0 Å². The standard InChI is InChI=1S/C9H5BrN2O4/c10-3-7-6(9(13)14)2-1-5(4-11)8(7)12(15)16/h1-2H,3H2,(H,13,14). The Bertz CT molecular complexity index is 507. The molecule has 0 saturated carbocycles. The van der Waals surface area contributed by atoms with Crippen LogP contribution in [0.15, 0.2) is 12.1 Å². The lowest BCUT2D eigenvalue weighted by molar-refractivity contribution is -0.385. The van der Waals surface area contributed by atoms with Gasteiger partial charge in [-0.25, -0.2) is 4.79 Å². The van der Waals surface area contributed by atoms with Gasteiger partial charge in [-0.05, 0) is 12.1 Å². The van der Waals surface area contributed by atoms with Crippen molar-refractivity contribution >= 4 is 27.6 Å². The number of alkyl halides is 1. The normalized spacial score (nSPS) is 9.50. The summed E-state index contributed by atoms with van der Waals surface area (Å²) in [7, 11) is 0. The van der Waals surface area contributed by atoms with E-state index in [2.05, 4.69) is 15.9 Å². The zero-order valence-corrected chi connectivity index (χ0v) is 9.39. The van der Waals surface area contributed by atoms with E-state index in [-0.39, 0.29) is 22.0 Å². The maximum atomic E-state index is 10.8. The SMILES string of the molecule is N#Cc1ccc(C(=O)O)c(CBr)c1[N+](=O)[O-]. The Morgan fingerprint density at radius 3 is 2.62 bits per heavy atom. The highest BCUT2D eigenvalue weighted by molar-refractivity contribution is 9.08. The van der Waals surface area contributed by atoms with Gasteiger partial charge in [0.25, 0.3) is 5.69 Å². The monoisotopic (exact) mass is 284 g/mol. The summed E-state index contributed by atoms with van der Waals surface area (Å²) >= 11 is 2.98. The first kappa shape index (κ1) is 12.1. The fourth-order valence-electron chi connectivity index (χ4n) is 1.27. The van der Waals surface area contributed by atoms with Gasteiger partial charge in [-0.3, -0.25) is 10.1 Å². The van der Waals surface area contributed by atoms with Crippen molar-refractivity contribution in [2.75, 3.05) is 0 Å². The molecule has 7 heteroatoms. The van der Waals surface area contributed by atoms with Gasteiger partial charge in [-0.15, -0.1) is 0 Å². The smallest absolute Gasteiger partial charge is 0.336 e. The van der Waals surface area contributed by atoms with Crippen molar-refractivity contribution in [3.8, 4) is 6.07 Å². The quantitative estimate of drug-likeness (QED) is 0.520. The van der Waals surface area contributed by atoms with Crippen molar-refractivity contribution in [1.82, 2.24) is 0 Å². The van der Waals surface area contributed by atoms with Gasteiger partial charge in [-0.2, -0.15) is 5.26 Å². The Kier molecular flexibility index (Phi) is 3.58.